The van der Waals surface area contributed by atoms with Gasteiger partial charge in [-0.3, -0.25) is 9.69 Å². The number of carboxylic acids is 1. The van der Waals surface area contributed by atoms with Crippen LogP contribution >= 0.6 is 0 Å². The highest BCUT2D eigenvalue weighted by molar-refractivity contribution is 7.91. The Labute approximate surface area is 125 Å². The third-order valence-electron chi connectivity index (χ3n) is 3.52. The predicted molar refractivity (Wildman–Crippen MR) is 71.9 cm³/mol. The van der Waals surface area contributed by atoms with Gasteiger partial charge in [0.25, 0.3) is 0 Å². The van der Waals surface area contributed by atoms with Crippen molar-refractivity contribution in [2.75, 3.05) is 18.1 Å². The lowest BCUT2D eigenvalue weighted by atomic mass is 10.1. The van der Waals surface area contributed by atoms with Crippen LogP contribution in [0.5, 0.6) is 0 Å². The van der Waals surface area contributed by atoms with Crippen LogP contribution in [0.25, 0.3) is 0 Å². The molecule has 0 bridgehead atoms. The van der Waals surface area contributed by atoms with E-state index in [1.54, 1.807) is 0 Å². The molecule has 9 heteroatoms. The highest BCUT2D eigenvalue weighted by Gasteiger charge is 2.38. The Morgan fingerprint density at radius 1 is 1.32 bits per heavy atom. The summed E-state index contributed by atoms with van der Waals surface area (Å²) in [5.74, 6) is -2.20. The van der Waals surface area contributed by atoms with E-state index in [2.05, 4.69) is 0 Å². The second-order valence-electron chi connectivity index (χ2n) is 5.09. The minimum absolute atomic E-state index is 0.0689. The molecule has 22 heavy (non-hydrogen) atoms. The van der Waals surface area contributed by atoms with Gasteiger partial charge in [0.2, 0.25) is 0 Å². The third-order valence-corrected chi connectivity index (χ3v) is 5.15. The van der Waals surface area contributed by atoms with Crippen molar-refractivity contribution in [3.8, 4) is 0 Å². The van der Waals surface area contributed by atoms with E-state index in [1.165, 1.54) is 23.1 Å². The molecule has 0 aliphatic carbocycles. The van der Waals surface area contributed by atoms with Crippen molar-refractivity contribution in [3.63, 3.8) is 0 Å². The van der Waals surface area contributed by atoms with E-state index >= 15 is 0 Å². The van der Waals surface area contributed by atoms with Crippen LogP contribution in [0.1, 0.15) is 11.1 Å². The van der Waals surface area contributed by atoms with Crippen LogP contribution in [0, 0.1) is 0 Å². The average Bonchev–Trinajstić information content (AvgIpc) is 2.40. The van der Waals surface area contributed by atoms with Crippen LogP contribution in [0.15, 0.2) is 24.3 Å². The van der Waals surface area contributed by atoms with Gasteiger partial charge in [-0.05, 0) is 11.6 Å². The Bertz CT molecular complexity index is 672. The normalized spacial score (nSPS) is 22.4. The minimum atomic E-state index is -4.54. The first-order chi connectivity index (χ1) is 10.1. The zero-order chi connectivity index (χ0) is 16.5. The van der Waals surface area contributed by atoms with E-state index < -0.39 is 39.3 Å². The first kappa shape index (κ1) is 16.8. The molecule has 1 aromatic carbocycles. The lowest BCUT2D eigenvalue weighted by Gasteiger charge is -2.33. The number of sulfone groups is 1. The first-order valence-electron chi connectivity index (χ1n) is 6.42. The molecule has 0 spiro atoms. The summed E-state index contributed by atoms with van der Waals surface area (Å²) < 4.78 is 61.9. The summed E-state index contributed by atoms with van der Waals surface area (Å²) in [5.41, 5.74) is -0.909. The Hall–Kier alpha value is -1.61. The molecule has 1 saturated heterocycles. The van der Waals surface area contributed by atoms with Gasteiger partial charge in [-0.25, -0.2) is 8.42 Å². The van der Waals surface area contributed by atoms with Crippen LogP contribution in [-0.2, 0) is 27.4 Å². The zero-order valence-electron chi connectivity index (χ0n) is 11.4. The highest BCUT2D eigenvalue weighted by atomic mass is 32.2. The number of carboxylic acid groups (broad SMARTS) is 1. The second kappa shape index (κ2) is 5.88. The van der Waals surface area contributed by atoms with Gasteiger partial charge < -0.3 is 5.11 Å². The van der Waals surface area contributed by atoms with Crippen LogP contribution in [-0.4, -0.2) is 48.5 Å². The van der Waals surface area contributed by atoms with E-state index in [-0.39, 0.29) is 24.4 Å². The molecule has 1 aliphatic heterocycles. The smallest absolute Gasteiger partial charge is 0.416 e. The number of hydrogen-bond acceptors (Lipinski definition) is 4. The van der Waals surface area contributed by atoms with Crippen molar-refractivity contribution in [1.82, 2.24) is 4.90 Å². The van der Waals surface area contributed by atoms with Crippen molar-refractivity contribution in [3.05, 3.63) is 35.4 Å². The summed E-state index contributed by atoms with van der Waals surface area (Å²) in [4.78, 5) is 12.5. The van der Waals surface area contributed by atoms with Crippen LogP contribution < -0.4 is 0 Å². The molecule has 1 unspecified atom stereocenters. The maximum atomic E-state index is 13.0. The van der Waals surface area contributed by atoms with Crippen LogP contribution in [0.3, 0.4) is 0 Å². The molecule has 0 radical (unpaired) electrons. The maximum Gasteiger partial charge on any atom is 0.416 e. The fourth-order valence-electron chi connectivity index (χ4n) is 2.41. The molecule has 1 heterocycles. The SMILES string of the molecule is O=C(O)C1CS(=O)(=O)CCN1Cc1ccccc1C(F)(F)F. The fraction of sp³-hybridized carbons (Fsp3) is 0.462. The summed E-state index contributed by atoms with van der Waals surface area (Å²) in [6, 6.07) is 3.54. The molecule has 1 N–H and O–H groups in total. The molecule has 1 atom stereocenters. The largest absolute Gasteiger partial charge is 0.480 e. The molecule has 5 nitrogen and oxygen atoms in total. The van der Waals surface area contributed by atoms with Gasteiger partial charge in [-0.1, -0.05) is 18.2 Å². The predicted octanol–water partition coefficient (Wildman–Crippen LogP) is 1.39. The molecule has 2 rings (SSSR count). The van der Waals surface area contributed by atoms with E-state index in [0.29, 0.717) is 0 Å². The second-order valence-corrected chi connectivity index (χ2v) is 7.32. The molecule has 0 aromatic heterocycles. The summed E-state index contributed by atoms with van der Waals surface area (Å²) >= 11 is 0. The lowest BCUT2D eigenvalue weighted by Crippen LogP contribution is -2.52. The topological polar surface area (TPSA) is 74.7 Å². The standard InChI is InChI=1S/C13H14F3NO4S/c14-13(15,16)10-4-2-1-3-9(10)7-17-5-6-22(20,21)8-11(17)12(18)19/h1-4,11H,5-8H2,(H,18,19). The summed E-state index contributed by atoms with van der Waals surface area (Å²) in [6.45, 7) is -0.367. The monoisotopic (exact) mass is 337 g/mol. The molecular formula is C13H14F3NO4S. The van der Waals surface area contributed by atoms with Gasteiger partial charge >= 0.3 is 12.1 Å². The average molecular weight is 337 g/mol. The highest BCUT2D eigenvalue weighted by Crippen LogP contribution is 2.32. The minimum Gasteiger partial charge on any atom is -0.480 e. The summed E-state index contributed by atoms with van der Waals surface area (Å²) in [7, 11) is -3.49. The van der Waals surface area contributed by atoms with Gasteiger partial charge in [-0.2, -0.15) is 13.2 Å². The third kappa shape index (κ3) is 3.77. The maximum absolute atomic E-state index is 13.0. The Morgan fingerprint density at radius 2 is 1.95 bits per heavy atom. The number of rotatable bonds is 3. The Balaban J connectivity index is 2.29. The first-order valence-corrected chi connectivity index (χ1v) is 8.25. The van der Waals surface area contributed by atoms with Gasteiger partial charge in [0.1, 0.15) is 6.04 Å². The molecule has 0 saturated carbocycles. The molecule has 122 valence electrons. The number of nitrogens with zero attached hydrogens (tertiary/aromatic N) is 1. The number of halogens is 3. The zero-order valence-corrected chi connectivity index (χ0v) is 12.2. The number of hydrogen-bond donors (Lipinski definition) is 1. The van der Waals surface area contributed by atoms with Crippen molar-refractivity contribution in [2.45, 2.75) is 18.8 Å². The Kier molecular flexibility index (Phi) is 4.48. The van der Waals surface area contributed by atoms with Crippen LogP contribution in [0.4, 0.5) is 13.2 Å². The van der Waals surface area contributed by atoms with Crippen molar-refractivity contribution in [2.24, 2.45) is 0 Å². The number of aliphatic carboxylic acids is 1. The number of carbonyl (C=O) groups is 1. The van der Waals surface area contributed by atoms with Crippen LogP contribution in [0.2, 0.25) is 0 Å². The molecule has 0 amide bonds. The van der Waals surface area contributed by atoms with E-state index in [4.69, 9.17) is 5.11 Å². The number of benzene rings is 1. The van der Waals surface area contributed by atoms with Crippen molar-refractivity contribution >= 4 is 15.8 Å². The quantitative estimate of drug-likeness (QED) is 0.902. The van der Waals surface area contributed by atoms with Crippen molar-refractivity contribution < 1.29 is 31.5 Å². The molecule has 1 aliphatic rings. The summed E-state index contributed by atoms with van der Waals surface area (Å²) in [6.07, 6.45) is -4.54. The van der Waals surface area contributed by atoms with Gasteiger partial charge in [0.05, 0.1) is 17.1 Å². The fourth-order valence-corrected chi connectivity index (χ4v) is 3.93. The Morgan fingerprint density at radius 3 is 2.55 bits per heavy atom. The summed E-state index contributed by atoms with van der Waals surface area (Å²) in [5, 5.41) is 9.12. The molecular weight excluding hydrogens is 323 g/mol. The van der Waals surface area contributed by atoms with Gasteiger partial charge in [0, 0.05) is 13.1 Å². The lowest BCUT2D eigenvalue weighted by molar-refractivity contribution is -0.143. The van der Waals surface area contributed by atoms with Gasteiger partial charge in [0.15, 0.2) is 9.84 Å². The van der Waals surface area contributed by atoms with E-state index in [1.807, 2.05) is 0 Å². The van der Waals surface area contributed by atoms with E-state index in [0.717, 1.165) is 6.07 Å². The number of alkyl halides is 3. The van der Waals surface area contributed by atoms with Gasteiger partial charge in [-0.15, -0.1) is 0 Å². The molecule has 1 aromatic rings. The molecule has 1 fully saturated rings. The van der Waals surface area contributed by atoms with Crippen molar-refractivity contribution in [1.29, 1.82) is 0 Å². The van der Waals surface area contributed by atoms with E-state index in [9.17, 15) is 26.4 Å².